The molecule has 0 aromatic heterocycles. The maximum Gasteiger partial charge on any atom is 0.222 e. The smallest absolute Gasteiger partial charge is 0.222 e. The van der Waals surface area contributed by atoms with Gasteiger partial charge in [0.2, 0.25) is 15.9 Å². The monoisotopic (exact) mass is 344 g/mol. The van der Waals surface area contributed by atoms with E-state index in [1.54, 1.807) is 0 Å². The van der Waals surface area contributed by atoms with Crippen molar-refractivity contribution >= 4 is 27.5 Å². The van der Waals surface area contributed by atoms with Crippen LogP contribution in [0.3, 0.4) is 0 Å². The summed E-state index contributed by atoms with van der Waals surface area (Å²) in [5.41, 5.74) is 1.09. The lowest BCUT2D eigenvalue weighted by atomic mass is 10.0. The average Bonchev–Trinajstić information content (AvgIpc) is 2.45. The van der Waals surface area contributed by atoms with Crippen LogP contribution in [0.1, 0.15) is 24.8 Å². The second kappa shape index (κ2) is 7.44. The summed E-state index contributed by atoms with van der Waals surface area (Å²) in [6.45, 7) is 1.21. The van der Waals surface area contributed by atoms with E-state index in [4.69, 9.17) is 11.6 Å². The summed E-state index contributed by atoms with van der Waals surface area (Å²) in [5.74, 6) is 0.118. The standard InChI is InChI=1S/C15H21ClN2O3S/c1-22(20,21)17-14-8-10-18(11-9-14)15(19)7-4-12-2-5-13(16)6-3-12/h2-3,5-6,14,17H,4,7-11H2,1H3. The summed E-state index contributed by atoms with van der Waals surface area (Å²) in [4.78, 5) is 14.0. The van der Waals surface area contributed by atoms with Crippen LogP contribution in [-0.2, 0) is 21.2 Å². The minimum Gasteiger partial charge on any atom is -0.343 e. The molecule has 0 aliphatic carbocycles. The van der Waals surface area contributed by atoms with Crippen molar-refractivity contribution in [2.45, 2.75) is 31.7 Å². The van der Waals surface area contributed by atoms with Crippen LogP contribution in [0.2, 0.25) is 5.02 Å². The SMILES string of the molecule is CS(=O)(=O)NC1CCN(C(=O)CCc2ccc(Cl)cc2)CC1. The first-order valence-electron chi connectivity index (χ1n) is 7.33. The van der Waals surface area contributed by atoms with Crippen molar-refractivity contribution < 1.29 is 13.2 Å². The second-order valence-corrected chi connectivity index (χ2v) is 7.89. The topological polar surface area (TPSA) is 66.5 Å². The molecule has 2 rings (SSSR count). The number of hydrogen-bond donors (Lipinski definition) is 1. The Hall–Kier alpha value is -1.11. The Balaban J connectivity index is 1.76. The molecule has 1 heterocycles. The molecule has 1 fully saturated rings. The van der Waals surface area contributed by atoms with E-state index in [1.165, 1.54) is 0 Å². The van der Waals surface area contributed by atoms with Crippen LogP contribution in [-0.4, -0.2) is 44.6 Å². The normalized spacial score (nSPS) is 16.7. The molecule has 1 amide bonds. The number of carbonyl (C=O) groups is 1. The molecule has 1 aromatic carbocycles. The van der Waals surface area contributed by atoms with Gasteiger partial charge < -0.3 is 4.90 Å². The molecule has 5 nitrogen and oxygen atoms in total. The van der Waals surface area contributed by atoms with Gasteiger partial charge in [-0.05, 0) is 37.0 Å². The van der Waals surface area contributed by atoms with Crippen molar-refractivity contribution in [1.29, 1.82) is 0 Å². The quantitative estimate of drug-likeness (QED) is 0.886. The number of nitrogens with one attached hydrogen (secondary N) is 1. The molecule has 0 bridgehead atoms. The number of benzene rings is 1. The minimum atomic E-state index is -3.18. The summed E-state index contributed by atoms with van der Waals surface area (Å²) in [6.07, 6.45) is 3.65. The van der Waals surface area contributed by atoms with E-state index in [9.17, 15) is 13.2 Å². The Morgan fingerprint density at radius 2 is 1.86 bits per heavy atom. The Bertz CT molecular complexity index is 608. The third-order valence-electron chi connectivity index (χ3n) is 3.77. The van der Waals surface area contributed by atoms with Gasteiger partial charge in [0, 0.05) is 30.6 Å². The Kier molecular flexibility index (Phi) is 5.83. The van der Waals surface area contributed by atoms with E-state index in [-0.39, 0.29) is 11.9 Å². The molecular weight excluding hydrogens is 324 g/mol. The van der Waals surface area contributed by atoms with Gasteiger partial charge in [0.1, 0.15) is 0 Å². The molecule has 0 spiro atoms. The lowest BCUT2D eigenvalue weighted by Crippen LogP contribution is -2.46. The highest BCUT2D eigenvalue weighted by Gasteiger charge is 2.24. The molecule has 1 aliphatic rings. The van der Waals surface area contributed by atoms with Crippen LogP contribution >= 0.6 is 11.6 Å². The second-order valence-electron chi connectivity index (χ2n) is 5.67. The summed E-state index contributed by atoms with van der Waals surface area (Å²) in [7, 11) is -3.18. The van der Waals surface area contributed by atoms with E-state index in [1.807, 2.05) is 29.2 Å². The number of carbonyl (C=O) groups excluding carboxylic acids is 1. The molecular formula is C15H21ClN2O3S. The minimum absolute atomic E-state index is 0.0599. The average molecular weight is 345 g/mol. The number of aryl methyl sites for hydroxylation is 1. The Morgan fingerprint density at radius 3 is 2.41 bits per heavy atom. The zero-order valence-electron chi connectivity index (χ0n) is 12.6. The number of hydrogen-bond acceptors (Lipinski definition) is 3. The van der Waals surface area contributed by atoms with Crippen molar-refractivity contribution in [2.24, 2.45) is 0 Å². The fourth-order valence-corrected chi connectivity index (χ4v) is 3.58. The first-order chi connectivity index (χ1) is 10.3. The van der Waals surface area contributed by atoms with Crippen LogP contribution in [0.4, 0.5) is 0 Å². The lowest BCUT2D eigenvalue weighted by molar-refractivity contribution is -0.132. The number of halogens is 1. The molecule has 1 aliphatic heterocycles. The number of nitrogens with zero attached hydrogens (tertiary/aromatic N) is 1. The van der Waals surface area contributed by atoms with Crippen LogP contribution in [0.5, 0.6) is 0 Å². The van der Waals surface area contributed by atoms with E-state index in [2.05, 4.69) is 4.72 Å². The maximum atomic E-state index is 12.2. The maximum absolute atomic E-state index is 12.2. The van der Waals surface area contributed by atoms with Gasteiger partial charge >= 0.3 is 0 Å². The van der Waals surface area contributed by atoms with Gasteiger partial charge in [-0.2, -0.15) is 0 Å². The van der Waals surface area contributed by atoms with E-state index in [0.717, 1.165) is 11.8 Å². The third kappa shape index (κ3) is 5.59. The number of rotatable bonds is 5. The van der Waals surface area contributed by atoms with Gasteiger partial charge in [-0.1, -0.05) is 23.7 Å². The third-order valence-corrected chi connectivity index (χ3v) is 4.78. The first kappa shape index (κ1) is 17.2. The highest BCUT2D eigenvalue weighted by molar-refractivity contribution is 7.88. The Morgan fingerprint density at radius 1 is 1.27 bits per heavy atom. The van der Waals surface area contributed by atoms with Crippen LogP contribution < -0.4 is 4.72 Å². The predicted octanol–water partition coefficient (Wildman–Crippen LogP) is 1.81. The van der Waals surface area contributed by atoms with Crippen molar-refractivity contribution in [3.8, 4) is 0 Å². The summed E-state index contributed by atoms with van der Waals surface area (Å²) in [5, 5.41) is 0.690. The Labute approximate surface area is 136 Å². The number of amides is 1. The molecule has 122 valence electrons. The van der Waals surface area contributed by atoms with Crippen LogP contribution in [0.25, 0.3) is 0 Å². The highest BCUT2D eigenvalue weighted by atomic mass is 35.5. The molecule has 0 saturated carbocycles. The molecule has 0 atom stereocenters. The van der Waals surface area contributed by atoms with Crippen LogP contribution in [0.15, 0.2) is 24.3 Å². The zero-order valence-corrected chi connectivity index (χ0v) is 14.2. The number of likely N-dealkylation sites (tertiary alicyclic amines) is 1. The van der Waals surface area contributed by atoms with E-state index in [0.29, 0.717) is 43.8 Å². The van der Waals surface area contributed by atoms with Gasteiger partial charge in [-0.3, -0.25) is 4.79 Å². The van der Waals surface area contributed by atoms with E-state index < -0.39 is 10.0 Å². The summed E-state index contributed by atoms with van der Waals surface area (Å²) < 4.78 is 25.0. The molecule has 0 radical (unpaired) electrons. The van der Waals surface area contributed by atoms with Crippen molar-refractivity contribution in [3.05, 3.63) is 34.9 Å². The summed E-state index contributed by atoms with van der Waals surface area (Å²) >= 11 is 5.83. The lowest BCUT2D eigenvalue weighted by Gasteiger charge is -2.32. The number of piperidine rings is 1. The molecule has 7 heteroatoms. The molecule has 0 unspecified atom stereocenters. The number of sulfonamides is 1. The van der Waals surface area contributed by atoms with Gasteiger partial charge in [0.05, 0.1) is 6.26 Å². The van der Waals surface area contributed by atoms with Gasteiger partial charge in [-0.25, -0.2) is 13.1 Å². The van der Waals surface area contributed by atoms with Crippen molar-refractivity contribution in [1.82, 2.24) is 9.62 Å². The van der Waals surface area contributed by atoms with Crippen LogP contribution in [0, 0.1) is 0 Å². The highest BCUT2D eigenvalue weighted by Crippen LogP contribution is 2.15. The zero-order chi connectivity index (χ0) is 16.2. The molecule has 22 heavy (non-hydrogen) atoms. The van der Waals surface area contributed by atoms with Gasteiger partial charge in [0.25, 0.3) is 0 Å². The van der Waals surface area contributed by atoms with Gasteiger partial charge in [-0.15, -0.1) is 0 Å². The van der Waals surface area contributed by atoms with Crippen molar-refractivity contribution in [2.75, 3.05) is 19.3 Å². The summed E-state index contributed by atoms with van der Waals surface area (Å²) in [6, 6.07) is 7.44. The first-order valence-corrected chi connectivity index (χ1v) is 9.60. The largest absolute Gasteiger partial charge is 0.343 e. The van der Waals surface area contributed by atoms with Crippen molar-refractivity contribution in [3.63, 3.8) is 0 Å². The predicted molar refractivity (Wildman–Crippen MR) is 87.4 cm³/mol. The fourth-order valence-electron chi connectivity index (χ4n) is 2.61. The molecule has 1 aromatic rings. The fraction of sp³-hybridized carbons (Fsp3) is 0.533. The molecule has 1 saturated heterocycles. The molecule has 1 N–H and O–H groups in total. The van der Waals surface area contributed by atoms with E-state index >= 15 is 0 Å². The van der Waals surface area contributed by atoms with Gasteiger partial charge in [0.15, 0.2) is 0 Å².